The van der Waals surface area contributed by atoms with Gasteiger partial charge in [0.2, 0.25) is 0 Å². The molecular formula is C22H24BrFN2O3. The third-order valence-electron chi connectivity index (χ3n) is 5.31. The van der Waals surface area contributed by atoms with Crippen LogP contribution in [0.1, 0.15) is 44.4 Å². The molecule has 4 rings (SSSR count). The number of hydrogen-bond acceptors (Lipinski definition) is 5. The van der Waals surface area contributed by atoms with Crippen molar-refractivity contribution in [2.75, 3.05) is 25.1 Å². The number of halogens is 2. The molecule has 7 heteroatoms. The van der Waals surface area contributed by atoms with E-state index < -0.39 is 0 Å². The van der Waals surface area contributed by atoms with Crippen molar-refractivity contribution in [3.63, 3.8) is 0 Å². The van der Waals surface area contributed by atoms with Crippen LogP contribution in [0.3, 0.4) is 0 Å². The molecule has 2 heterocycles. The SMILES string of the molecule is CCC(Oc1ccc(Br)cc1OC)c1noc2cc(F)cc(N3CCCCC3)c12. The monoisotopic (exact) mass is 462 g/mol. The van der Waals surface area contributed by atoms with Gasteiger partial charge in [-0.25, -0.2) is 4.39 Å². The molecular weight excluding hydrogens is 439 g/mol. The zero-order chi connectivity index (χ0) is 20.4. The third kappa shape index (κ3) is 4.06. The number of fused-ring (bicyclic) bond motifs is 1. The molecule has 0 saturated carbocycles. The topological polar surface area (TPSA) is 47.7 Å². The van der Waals surface area contributed by atoms with Gasteiger partial charge in [-0.15, -0.1) is 0 Å². The molecule has 1 aliphatic rings. The Morgan fingerprint density at radius 3 is 2.69 bits per heavy atom. The Morgan fingerprint density at radius 2 is 1.97 bits per heavy atom. The second kappa shape index (κ2) is 8.61. The number of piperidine rings is 1. The Kier molecular flexibility index (Phi) is 5.94. The van der Waals surface area contributed by atoms with Gasteiger partial charge in [-0.1, -0.05) is 28.0 Å². The van der Waals surface area contributed by atoms with E-state index in [4.69, 9.17) is 14.0 Å². The van der Waals surface area contributed by atoms with E-state index in [9.17, 15) is 4.39 Å². The molecule has 0 bridgehead atoms. The molecule has 1 fully saturated rings. The van der Waals surface area contributed by atoms with E-state index in [0.29, 0.717) is 29.2 Å². The van der Waals surface area contributed by atoms with Crippen molar-refractivity contribution in [2.45, 2.75) is 38.7 Å². The van der Waals surface area contributed by atoms with Gasteiger partial charge in [0.05, 0.1) is 18.2 Å². The van der Waals surface area contributed by atoms with Crippen LogP contribution in [0, 0.1) is 5.82 Å². The maximum Gasteiger partial charge on any atom is 0.172 e. The first-order chi connectivity index (χ1) is 14.1. The lowest BCUT2D eigenvalue weighted by atomic mass is 10.0. The number of anilines is 1. The number of ether oxygens (including phenoxy) is 2. The highest BCUT2D eigenvalue weighted by Gasteiger charge is 2.26. The molecule has 1 aliphatic heterocycles. The summed E-state index contributed by atoms with van der Waals surface area (Å²) in [4.78, 5) is 2.22. The van der Waals surface area contributed by atoms with Gasteiger partial charge >= 0.3 is 0 Å². The maximum absolute atomic E-state index is 14.3. The molecule has 0 amide bonds. The molecule has 0 radical (unpaired) electrons. The van der Waals surface area contributed by atoms with Gasteiger partial charge in [-0.2, -0.15) is 0 Å². The Morgan fingerprint density at radius 1 is 1.17 bits per heavy atom. The van der Waals surface area contributed by atoms with E-state index in [0.717, 1.165) is 41.5 Å². The highest BCUT2D eigenvalue weighted by atomic mass is 79.9. The van der Waals surface area contributed by atoms with Crippen LogP contribution >= 0.6 is 15.9 Å². The zero-order valence-electron chi connectivity index (χ0n) is 16.6. The lowest BCUT2D eigenvalue weighted by Gasteiger charge is -2.29. The van der Waals surface area contributed by atoms with E-state index in [1.165, 1.54) is 12.5 Å². The van der Waals surface area contributed by atoms with Gasteiger partial charge in [0.25, 0.3) is 0 Å². The molecule has 1 unspecified atom stereocenters. The molecule has 0 aliphatic carbocycles. The summed E-state index contributed by atoms with van der Waals surface area (Å²) < 4.78 is 32.4. The molecule has 29 heavy (non-hydrogen) atoms. The van der Waals surface area contributed by atoms with Crippen molar-refractivity contribution < 1.29 is 18.4 Å². The van der Waals surface area contributed by atoms with Crippen molar-refractivity contribution in [3.8, 4) is 11.5 Å². The van der Waals surface area contributed by atoms with Crippen molar-refractivity contribution in [1.29, 1.82) is 0 Å². The molecule has 1 atom stereocenters. The Balaban J connectivity index is 1.76. The summed E-state index contributed by atoms with van der Waals surface area (Å²) in [7, 11) is 1.61. The van der Waals surface area contributed by atoms with Gasteiger partial charge < -0.3 is 18.9 Å². The van der Waals surface area contributed by atoms with Gasteiger partial charge in [0.1, 0.15) is 17.6 Å². The fourth-order valence-electron chi connectivity index (χ4n) is 3.87. The largest absolute Gasteiger partial charge is 0.493 e. The van der Waals surface area contributed by atoms with Crippen LogP contribution in [-0.4, -0.2) is 25.4 Å². The predicted molar refractivity (Wildman–Crippen MR) is 114 cm³/mol. The average Bonchev–Trinajstić information content (AvgIpc) is 3.16. The maximum atomic E-state index is 14.3. The molecule has 3 aromatic rings. The smallest absolute Gasteiger partial charge is 0.172 e. The number of hydrogen-bond donors (Lipinski definition) is 0. The summed E-state index contributed by atoms with van der Waals surface area (Å²) in [6.07, 6.45) is 3.73. The molecule has 2 aromatic carbocycles. The average molecular weight is 463 g/mol. The highest BCUT2D eigenvalue weighted by Crippen LogP contribution is 2.39. The summed E-state index contributed by atoms with van der Waals surface area (Å²) >= 11 is 3.45. The predicted octanol–water partition coefficient (Wildman–Crippen LogP) is 6.26. The summed E-state index contributed by atoms with van der Waals surface area (Å²) in [5.74, 6) is 0.942. The van der Waals surface area contributed by atoms with Crippen molar-refractivity contribution in [1.82, 2.24) is 5.16 Å². The molecule has 154 valence electrons. The van der Waals surface area contributed by atoms with E-state index in [2.05, 4.69) is 26.0 Å². The summed E-state index contributed by atoms with van der Waals surface area (Å²) in [5, 5.41) is 5.12. The van der Waals surface area contributed by atoms with Crippen molar-refractivity contribution >= 4 is 32.6 Å². The minimum Gasteiger partial charge on any atom is -0.493 e. The zero-order valence-corrected chi connectivity index (χ0v) is 18.2. The first-order valence-electron chi connectivity index (χ1n) is 9.94. The molecule has 5 nitrogen and oxygen atoms in total. The van der Waals surface area contributed by atoms with Gasteiger partial charge in [0.15, 0.2) is 17.1 Å². The highest BCUT2D eigenvalue weighted by molar-refractivity contribution is 9.10. The van der Waals surface area contributed by atoms with E-state index in [-0.39, 0.29) is 11.9 Å². The second-order valence-corrected chi connectivity index (χ2v) is 8.14. The van der Waals surface area contributed by atoms with Crippen LogP contribution in [-0.2, 0) is 0 Å². The first-order valence-corrected chi connectivity index (χ1v) is 10.7. The fourth-order valence-corrected chi connectivity index (χ4v) is 4.21. The normalized spacial score (nSPS) is 15.5. The number of nitrogens with zero attached hydrogens (tertiary/aromatic N) is 2. The minimum atomic E-state index is -0.347. The van der Waals surface area contributed by atoms with Gasteiger partial charge in [-0.3, -0.25) is 0 Å². The van der Waals surface area contributed by atoms with Crippen molar-refractivity contribution in [2.24, 2.45) is 0 Å². The number of methoxy groups -OCH3 is 1. The fraction of sp³-hybridized carbons (Fsp3) is 0.409. The number of aromatic nitrogens is 1. The van der Waals surface area contributed by atoms with Gasteiger partial charge in [0, 0.05) is 23.6 Å². The standard InChI is InChI=1S/C22H24BrFN2O3/c1-3-17(28-18-8-7-14(23)11-19(18)27-2)22-21-16(26-9-5-4-6-10-26)12-15(24)13-20(21)29-25-22/h7-8,11-13,17H,3-6,9-10H2,1-2H3. The summed E-state index contributed by atoms with van der Waals surface area (Å²) in [6.45, 7) is 3.84. The third-order valence-corrected chi connectivity index (χ3v) is 5.81. The Bertz CT molecular complexity index is 1000. The van der Waals surface area contributed by atoms with Crippen LogP contribution in [0.15, 0.2) is 39.3 Å². The lowest BCUT2D eigenvalue weighted by molar-refractivity contribution is 0.184. The van der Waals surface area contributed by atoms with Crippen LogP contribution in [0.2, 0.25) is 0 Å². The molecule has 0 spiro atoms. The van der Waals surface area contributed by atoms with Gasteiger partial charge in [-0.05, 0) is 49.9 Å². The quantitative estimate of drug-likeness (QED) is 0.432. The van der Waals surface area contributed by atoms with Crippen molar-refractivity contribution in [3.05, 3.63) is 46.3 Å². The molecule has 0 N–H and O–H groups in total. The summed E-state index contributed by atoms with van der Waals surface area (Å²) in [5.41, 5.74) is 1.97. The van der Waals surface area contributed by atoms with Crippen LogP contribution in [0.4, 0.5) is 10.1 Å². The molecule has 1 aromatic heterocycles. The lowest BCUT2D eigenvalue weighted by Crippen LogP contribution is -2.29. The Hall–Kier alpha value is -2.28. The minimum absolute atomic E-state index is 0.315. The second-order valence-electron chi connectivity index (χ2n) is 7.22. The van der Waals surface area contributed by atoms with Crippen LogP contribution < -0.4 is 14.4 Å². The van der Waals surface area contributed by atoms with E-state index >= 15 is 0 Å². The molecule has 1 saturated heterocycles. The number of rotatable bonds is 6. The Labute approximate surface area is 177 Å². The first kappa shape index (κ1) is 20.0. The van der Waals surface area contributed by atoms with E-state index in [1.54, 1.807) is 13.2 Å². The van der Waals surface area contributed by atoms with E-state index in [1.807, 2.05) is 25.1 Å². The van der Waals surface area contributed by atoms with Crippen LogP contribution in [0.25, 0.3) is 11.0 Å². The number of benzene rings is 2. The summed E-state index contributed by atoms with van der Waals surface area (Å²) in [6, 6.07) is 8.60. The van der Waals surface area contributed by atoms with Crippen LogP contribution in [0.5, 0.6) is 11.5 Å².